The van der Waals surface area contributed by atoms with Crippen LogP contribution >= 0.6 is 0 Å². The van der Waals surface area contributed by atoms with Crippen LogP contribution in [0.3, 0.4) is 0 Å². The first-order chi connectivity index (χ1) is 13.5. The van der Waals surface area contributed by atoms with E-state index in [4.69, 9.17) is 22.9 Å². The van der Waals surface area contributed by atoms with Gasteiger partial charge in [-0.2, -0.15) is 13.2 Å². The van der Waals surface area contributed by atoms with Gasteiger partial charge < -0.3 is 22.9 Å². The minimum Gasteiger partial charge on any atom is -0.398 e. The van der Waals surface area contributed by atoms with Gasteiger partial charge in [-0.1, -0.05) is 6.07 Å². The van der Waals surface area contributed by atoms with Crippen molar-refractivity contribution in [2.45, 2.75) is 6.18 Å². The quantitative estimate of drug-likeness (QED) is 0.281. The van der Waals surface area contributed by atoms with E-state index >= 15 is 0 Å². The molecule has 0 atom stereocenters. The van der Waals surface area contributed by atoms with Crippen molar-refractivity contribution in [2.75, 3.05) is 22.9 Å². The van der Waals surface area contributed by atoms with Gasteiger partial charge in [-0.05, 0) is 18.2 Å². The summed E-state index contributed by atoms with van der Waals surface area (Å²) in [6.07, 6.45) is -3.03. The van der Waals surface area contributed by atoms with Crippen molar-refractivity contribution in [1.29, 1.82) is 0 Å². The number of non-ortho nitro benzene ring substituents is 1. The molecule has 0 fully saturated rings. The topological polar surface area (TPSA) is 186 Å². The summed E-state index contributed by atoms with van der Waals surface area (Å²) in [5.74, 6) is 0.714. The number of rotatable bonds is 2. The van der Waals surface area contributed by atoms with Gasteiger partial charge >= 0.3 is 6.18 Å². The standard InChI is InChI=1S/C9H10N6.C7H5F3N2O2/c10-6-7(11)14-9(15-8(6)12)5-3-1-2-4-13-5;8-7(9,10)5-3-4(12(13)14)1-2-6(5)11/h1-4H,10H2,(H4,11,12,14,15);1-3H,11H2. The van der Waals surface area contributed by atoms with Gasteiger partial charge in [0, 0.05) is 24.0 Å². The van der Waals surface area contributed by atoms with E-state index in [2.05, 4.69) is 15.0 Å². The molecule has 0 amide bonds. The lowest BCUT2D eigenvalue weighted by atomic mass is 10.1. The Morgan fingerprint density at radius 2 is 1.59 bits per heavy atom. The summed E-state index contributed by atoms with van der Waals surface area (Å²) in [6.45, 7) is 0. The zero-order valence-corrected chi connectivity index (χ0v) is 14.6. The summed E-state index contributed by atoms with van der Waals surface area (Å²) in [7, 11) is 0. The van der Waals surface area contributed by atoms with Crippen molar-refractivity contribution in [3.05, 3.63) is 58.3 Å². The Morgan fingerprint density at radius 1 is 0.966 bits per heavy atom. The van der Waals surface area contributed by atoms with E-state index in [1.54, 1.807) is 18.3 Å². The molecule has 0 bridgehead atoms. The summed E-state index contributed by atoms with van der Waals surface area (Å²) in [6, 6.07) is 7.59. The molecule has 0 aliphatic heterocycles. The predicted molar refractivity (Wildman–Crippen MR) is 101 cm³/mol. The molecule has 8 N–H and O–H groups in total. The fourth-order valence-corrected chi connectivity index (χ4v) is 2.02. The highest BCUT2D eigenvalue weighted by Gasteiger charge is 2.34. The Morgan fingerprint density at radius 3 is 2.07 bits per heavy atom. The first-order valence-corrected chi connectivity index (χ1v) is 7.71. The van der Waals surface area contributed by atoms with Crippen LogP contribution in [0.15, 0.2) is 42.6 Å². The lowest BCUT2D eigenvalue weighted by molar-refractivity contribution is -0.385. The molecule has 0 saturated carbocycles. The zero-order chi connectivity index (χ0) is 21.8. The summed E-state index contributed by atoms with van der Waals surface area (Å²) in [5, 5.41) is 10.2. The molecule has 0 radical (unpaired) electrons. The highest BCUT2D eigenvalue weighted by molar-refractivity contribution is 5.73. The van der Waals surface area contributed by atoms with E-state index in [-0.39, 0.29) is 17.3 Å². The minimum atomic E-state index is -4.67. The number of anilines is 4. The van der Waals surface area contributed by atoms with Gasteiger partial charge in [-0.15, -0.1) is 0 Å². The minimum absolute atomic E-state index is 0.170. The van der Waals surface area contributed by atoms with Crippen LogP contribution < -0.4 is 22.9 Å². The van der Waals surface area contributed by atoms with E-state index in [9.17, 15) is 23.3 Å². The molecule has 13 heteroatoms. The molecular weight excluding hydrogens is 393 g/mol. The highest BCUT2D eigenvalue weighted by Crippen LogP contribution is 2.35. The maximum absolute atomic E-state index is 12.2. The number of benzene rings is 1. The number of alkyl halides is 3. The van der Waals surface area contributed by atoms with E-state index < -0.39 is 28.0 Å². The third-order valence-electron chi connectivity index (χ3n) is 3.45. The molecule has 10 nitrogen and oxygen atoms in total. The number of nitro groups is 1. The molecule has 3 rings (SSSR count). The van der Waals surface area contributed by atoms with Gasteiger partial charge in [0.15, 0.2) is 17.5 Å². The van der Waals surface area contributed by atoms with E-state index in [1.165, 1.54) is 0 Å². The molecule has 0 unspecified atom stereocenters. The summed E-state index contributed by atoms with van der Waals surface area (Å²) < 4.78 is 36.6. The van der Waals surface area contributed by atoms with Gasteiger partial charge in [-0.25, -0.2) is 9.97 Å². The number of nitrogens with two attached hydrogens (primary N) is 4. The van der Waals surface area contributed by atoms with Crippen LogP contribution in [-0.4, -0.2) is 19.9 Å². The van der Waals surface area contributed by atoms with Crippen molar-refractivity contribution in [2.24, 2.45) is 0 Å². The third-order valence-corrected chi connectivity index (χ3v) is 3.45. The second-order valence-corrected chi connectivity index (χ2v) is 5.47. The molecule has 2 heterocycles. The van der Waals surface area contributed by atoms with Gasteiger partial charge in [-0.3, -0.25) is 15.1 Å². The highest BCUT2D eigenvalue weighted by atomic mass is 19.4. The van der Waals surface area contributed by atoms with Crippen molar-refractivity contribution >= 4 is 28.7 Å². The van der Waals surface area contributed by atoms with Gasteiger partial charge in [0.2, 0.25) is 0 Å². The second-order valence-electron chi connectivity index (χ2n) is 5.47. The monoisotopic (exact) mass is 408 g/mol. The van der Waals surface area contributed by atoms with Gasteiger partial charge in [0.1, 0.15) is 11.4 Å². The molecular formula is C16H15F3N8O2. The van der Waals surface area contributed by atoms with E-state index in [0.29, 0.717) is 17.6 Å². The Bertz CT molecular complexity index is 1010. The summed E-state index contributed by atoms with van der Waals surface area (Å²) in [5.41, 5.74) is 20.2. The van der Waals surface area contributed by atoms with E-state index in [0.717, 1.165) is 12.1 Å². The van der Waals surface area contributed by atoms with Crippen LogP contribution in [0.5, 0.6) is 0 Å². The zero-order valence-electron chi connectivity index (χ0n) is 14.6. The number of nitro benzene ring substituents is 1. The number of nitrogen functional groups attached to an aromatic ring is 4. The van der Waals surface area contributed by atoms with Crippen molar-refractivity contribution < 1.29 is 18.1 Å². The van der Waals surface area contributed by atoms with Crippen LogP contribution in [0.2, 0.25) is 0 Å². The van der Waals surface area contributed by atoms with Crippen molar-refractivity contribution in [3.8, 4) is 11.5 Å². The molecule has 1 aromatic carbocycles. The van der Waals surface area contributed by atoms with Crippen LogP contribution in [0.25, 0.3) is 11.5 Å². The normalized spacial score (nSPS) is 10.7. The van der Waals surface area contributed by atoms with Gasteiger partial charge in [0.25, 0.3) is 5.69 Å². The lowest BCUT2D eigenvalue weighted by Crippen LogP contribution is -2.09. The maximum atomic E-state index is 12.2. The first-order valence-electron chi connectivity index (χ1n) is 7.71. The number of pyridine rings is 1. The average molecular weight is 408 g/mol. The molecule has 2 aromatic heterocycles. The number of aromatic nitrogens is 3. The number of halogens is 3. The molecule has 0 spiro atoms. The Labute approximate surface area is 161 Å². The average Bonchev–Trinajstić information content (AvgIpc) is 2.66. The molecule has 0 saturated heterocycles. The van der Waals surface area contributed by atoms with Crippen LogP contribution in [0, 0.1) is 10.1 Å². The smallest absolute Gasteiger partial charge is 0.398 e. The second kappa shape index (κ2) is 8.24. The molecule has 152 valence electrons. The SMILES string of the molecule is Nc1ccc([N+](=O)[O-])cc1C(F)(F)F.Nc1nc(-c2ccccn2)nc(N)c1N. The molecule has 0 aliphatic carbocycles. The molecule has 29 heavy (non-hydrogen) atoms. The fourth-order valence-electron chi connectivity index (χ4n) is 2.02. The Kier molecular flexibility index (Phi) is 6.01. The van der Waals surface area contributed by atoms with Crippen molar-refractivity contribution in [1.82, 2.24) is 15.0 Å². The summed E-state index contributed by atoms with van der Waals surface area (Å²) >= 11 is 0. The molecule has 0 aliphatic rings. The Balaban J connectivity index is 0.000000208. The van der Waals surface area contributed by atoms with Crippen LogP contribution in [-0.2, 0) is 6.18 Å². The number of hydrogen-bond donors (Lipinski definition) is 4. The number of nitrogens with zero attached hydrogens (tertiary/aromatic N) is 4. The maximum Gasteiger partial charge on any atom is 0.418 e. The van der Waals surface area contributed by atoms with Crippen molar-refractivity contribution in [3.63, 3.8) is 0 Å². The lowest BCUT2D eigenvalue weighted by Gasteiger charge is -2.08. The first kappa shape index (κ1) is 21.1. The largest absolute Gasteiger partial charge is 0.418 e. The van der Waals surface area contributed by atoms with Crippen LogP contribution in [0.4, 0.5) is 41.9 Å². The van der Waals surface area contributed by atoms with Crippen LogP contribution in [0.1, 0.15) is 5.56 Å². The summed E-state index contributed by atoms with van der Waals surface area (Å²) in [4.78, 5) is 21.4. The fraction of sp³-hybridized carbons (Fsp3) is 0.0625. The number of hydrogen-bond acceptors (Lipinski definition) is 9. The van der Waals surface area contributed by atoms with Gasteiger partial charge in [0.05, 0.1) is 10.5 Å². The third kappa shape index (κ3) is 5.18. The predicted octanol–water partition coefficient (Wildman–Crippen LogP) is 2.48. The Hall–Kier alpha value is -4.16. The molecule has 3 aromatic rings. The van der Waals surface area contributed by atoms with E-state index in [1.807, 2.05) is 6.07 Å².